The van der Waals surface area contributed by atoms with E-state index < -0.39 is 5.97 Å². The zero-order chi connectivity index (χ0) is 15.7. The van der Waals surface area contributed by atoms with Crippen molar-refractivity contribution in [3.8, 4) is 11.5 Å². The van der Waals surface area contributed by atoms with E-state index in [2.05, 4.69) is 10.1 Å². The Morgan fingerprint density at radius 3 is 2.68 bits per heavy atom. The standard InChI is InChI=1S/C15H18N2O5/c1-3-9-15(19)17(8-14(18)20-2)11-7-13-12(6-10(11)16-9)21-4-5-22-13/h6-7,9,16H,3-5,8H2,1-2H3. The molecule has 22 heavy (non-hydrogen) atoms. The van der Waals surface area contributed by atoms with Crippen LogP contribution in [0.2, 0.25) is 0 Å². The number of hydrogen-bond acceptors (Lipinski definition) is 6. The van der Waals surface area contributed by atoms with Crippen LogP contribution < -0.4 is 19.7 Å². The molecule has 7 nitrogen and oxygen atoms in total. The van der Waals surface area contributed by atoms with Crippen molar-refractivity contribution in [2.75, 3.05) is 37.1 Å². The van der Waals surface area contributed by atoms with Crippen LogP contribution in [0.3, 0.4) is 0 Å². The molecule has 1 unspecified atom stereocenters. The van der Waals surface area contributed by atoms with Gasteiger partial charge in [0.15, 0.2) is 11.5 Å². The number of rotatable bonds is 3. The normalized spacial score (nSPS) is 19.3. The third kappa shape index (κ3) is 2.43. The van der Waals surface area contributed by atoms with Gasteiger partial charge in [-0.3, -0.25) is 14.5 Å². The lowest BCUT2D eigenvalue weighted by Crippen LogP contribution is -2.49. The summed E-state index contributed by atoms with van der Waals surface area (Å²) in [7, 11) is 1.30. The number of ether oxygens (including phenoxy) is 3. The highest BCUT2D eigenvalue weighted by Gasteiger charge is 2.34. The van der Waals surface area contributed by atoms with E-state index in [-0.39, 0.29) is 18.5 Å². The van der Waals surface area contributed by atoms with Crippen LogP contribution in [-0.4, -0.2) is 44.8 Å². The minimum absolute atomic E-state index is 0.125. The SMILES string of the molecule is CCC1Nc2cc3c(cc2N(CC(=O)OC)C1=O)OCCO3. The van der Waals surface area contributed by atoms with Crippen LogP contribution in [-0.2, 0) is 14.3 Å². The predicted octanol–water partition coefficient (Wildman–Crippen LogP) is 1.17. The summed E-state index contributed by atoms with van der Waals surface area (Å²) in [5, 5.41) is 3.19. The van der Waals surface area contributed by atoms with Gasteiger partial charge in [-0.25, -0.2) is 0 Å². The molecule has 0 radical (unpaired) electrons. The van der Waals surface area contributed by atoms with Crippen LogP contribution in [0, 0.1) is 0 Å². The Morgan fingerprint density at radius 1 is 1.36 bits per heavy atom. The van der Waals surface area contributed by atoms with Crippen molar-refractivity contribution in [3.63, 3.8) is 0 Å². The van der Waals surface area contributed by atoms with Crippen LogP contribution in [0.15, 0.2) is 12.1 Å². The van der Waals surface area contributed by atoms with Gasteiger partial charge in [0.05, 0.1) is 18.5 Å². The summed E-state index contributed by atoms with van der Waals surface area (Å²) < 4.78 is 15.8. The first-order valence-corrected chi connectivity index (χ1v) is 7.22. The fourth-order valence-corrected chi connectivity index (χ4v) is 2.61. The van der Waals surface area contributed by atoms with E-state index in [1.165, 1.54) is 12.0 Å². The van der Waals surface area contributed by atoms with Crippen molar-refractivity contribution in [1.82, 2.24) is 0 Å². The molecule has 118 valence electrons. The Bertz CT molecular complexity index is 616. The molecule has 0 bridgehead atoms. The van der Waals surface area contributed by atoms with Crippen molar-refractivity contribution < 1.29 is 23.8 Å². The zero-order valence-electron chi connectivity index (χ0n) is 12.5. The molecule has 1 N–H and O–H groups in total. The van der Waals surface area contributed by atoms with Gasteiger partial charge >= 0.3 is 5.97 Å². The number of amides is 1. The van der Waals surface area contributed by atoms with Crippen LogP contribution in [0.25, 0.3) is 0 Å². The molecule has 1 atom stereocenters. The van der Waals surface area contributed by atoms with E-state index >= 15 is 0 Å². The fourth-order valence-electron chi connectivity index (χ4n) is 2.61. The van der Waals surface area contributed by atoms with Crippen molar-refractivity contribution >= 4 is 23.3 Å². The van der Waals surface area contributed by atoms with Gasteiger partial charge in [0.1, 0.15) is 25.8 Å². The van der Waals surface area contributed by atoms with E-state index in [0.29, 0.717) is 36.8 Å². The summed E-state index contributed by atoms with van der Waals surface area (Å²) in [6.07, 6.45) is 0.615. The summed E-state index contributed by atoms with van der Waals surface area (Å²) in [5.74, 6) is 0.590. The number of benzene rings is 1. The highest BCUT2D eigenvalue weighted by Crippen LogP contribution is 2.42. The summed E-state index contributed by atoms with van der Waals surface area (Å²) in [4.78, 5) is 25.6. The van der Waals surface area contributed by atoms with Gasteiger partial charge in [0.25, 0.3) is 0 Å². The molecule has 0 aliphatic carbocycles. The highest BCUT2D eigenvalue weighted by molar-refractivity contribution is 6.07. The van der Waals surface area contributed by atoms with Crippen LogP contribution >= 0.6 is 0 Å². The predicted molar refractivity (Wildman–Crippen MR) is 79.5 cm³/mol. The highest BCUT2D eigenvalue weighted by atomic mass is 16.6. The largest absolute Gasteiger partial charge is 0.486 e. The quantitative estimate of drug-likeness (QED) is 0.845. The number of hydrogen-bond donors (Lipinski definition) is 1. The van der Waals surface area contributed by atoms with Gasteiger partial charge in [0, 0.05) is 12.1 Å². The third-order valence-electron chi connectivity index (χ3n) is 3.77. The van der Waals surface area contributed by atoms with E-state index in [1.807, 2.05) is 13.0 Å². The second-order valence-electron chi connectivity index (χ2n) is 5.12. The van der Waals surface area contributed by atoms with Crippen molar-refractivity contribution in [2.45, 2.75) is 19.4 Å². The average molecular weight is 306 g/mol. The second-order valence-corrected chi connectivity index (χ2v) is 5.12. The second kappa shape index (κ2) is 5.75. The van der Waals surface area contributed by atoms with E-state index in [0.717, 1.165) is 5.69 Å². The molecule has 2 aliphatic rings. The molecule has 0 fully saturated rings. The van der Waals surface area contributed by atoms with Crippen molar-refractivity contribution in [1.29, 1.82) is 0 Å². The third-order valence-corrected chi connectivity index (χ3v) is 3.77. The first kappa shape index (κ1) is 14.5. The Morgan fingerprint density at radius 2 is 2.05 bits per heavy atom. The van der Waals surface area contributed by atoms with Crippen LogP contribution in [0.1, 0.15) is 13.3 Å². The van der Waals surface area contributed by atoms with E-state index in [4.69, 9.17) is 9.47 Å². The minimum atomic E-state index is -0.467. The Hall–Kier alpha value is -2.44. The van der Waals surface area contributed by atoms with Gasteiger partial charge in [-0.15, -0.1) is 0 Å². The molecule has 0 saturated heterocycles. The maximum Gasteiger partial charge on any atom is 0.325 e. The number of carbonyl (C=O) groups excluding carboxylic acids is 2. The smallest absolute Gasteiger partial charge is 0.325 e. The van der Waals surface area contributed by atoms with Gasteiger partial charge in [0.2, 0.25) is 5.91 Å². The Balaban J connectivity index is 2.02. The lowest BCUT2D eigenvalue weighted by molar-refractivity contribution is -0.140. The molecule has 1 aromatic carbocycles. The lowest BCUT2D eigenvalue weighted by atomic mass is 10.1. The maximum absolute atomic E-state index is 12.5. The number of methoxy groups -OCH3 is 1. The van der Waals surface area contributed by atoms with Crippen molar-refractivity contribution in [2.24, 2.45) is 0 Å². The van der Waals surface area contributed by atoms with Gasteiger partial charge < -0.3 is 19.5 Å². The van der Waals surface area contributed by atoms with Gasteiger partial charge in [-0.05, 0) is 6.42 Å². The zero-order valence-corrected chi connectivity index (χ0v) is 12.5. The molecular formula is C15H18N2O5. The summed E-state index contributed by atoms with van der Waals surface area (Å²) in [5.41, 5.74) is 1.35. The molecule has 0 aromatic heterocycles. The first-order chi connectivity index (χ1) is 10.6. The number of nitrogens with zero attached hydrogens (tertiary/aromatic N) is 1. The van der Waals surface area contributed by atoms with Crippen LogP contribution in [0.5, 0.6) is 11.5 Å². The molecule has 0 saturated carbocycles. The number of carbonyl (C=O) groups is 2. The summed E-state index contributed by atoms with van der Waals surface area (Å²) in [6, 6.07) is 3.16. The topological polar surface area (TPSA) is 77.1 Å². The van der Waals surface area contributed by atoms with Crippen LogP contribution in [0.4, 0.5) is 11.4 Å². The molecule has 2 aliphatic heterocycles. The molecule has 1 aromatic rings. The Kier molecular flexibility index (Phi) is 3.79. The summed E-state index contributed by atoms with van der Waals surface area (Å²) >= 11 is 0. The minimum Gasteiger partial charge on any atom is -0.486 e. The summed E-state index contributed by atoms with van der Waals surface area (Å²) in [6.45, 7) is 2.74. The number of esters is 1. The van der Waals surface area contributed by atoms with E-state index in [1.54, 1.807) is 6.07 Å². The maximum atomic E-state index is 12.5. The molecule has 3 rings (SSSR count). The number of nitrogens with one attached hydrogen (secondary N) is 1. The van der Waals surface area contributed by atoms with E-state index in [9.17, 15) is 9.59 Å². The Labute approximate surface area is 128 Å². The molecule has 0 spiro atoms. The van der Waals surface area contributed by atoms with Gasteiger partial charge in [-0.1, -0.05) is 6.92 Å². The molecular weight excluding hydrogens is 288 g/mol. The number of anilines is 2. The average Bonchev–Trinajstić information content (AvgIpc) is 2.55. The lowest BCUT2D eigenvalue weighted by Gasteiger charge is -2.35. The van der Waals surface area contributed by atoms with Gasteiger partial charge in [-0.2, -0.15) is 0 Å². The monoisotopic (exact) mass is 306 g/mol. The fraction of sp³-hybridized carbons (Fsp3) is 0.467. The first-order valence-electron chi connectivity index (χ1n) is 7.22. The molecule has 1 amide bonds. The van der Waals surface area contributed by atoms with Crippen molar-refractivity contribution in [3.05, 3.63) is 12.1 Å². The molecule has 7 heteroatoms. The number of fused-ring (bicyclic) bond motifs is 2. The molecule has 2 heterocycles.